The minimum absolute atomic E-state index is 0.343. The van der Waals surface area contributed by atoms with Crippen LogP contribution in [0, 0.1) is 6.92 Å². The first-order valence-corrected chi connectivity index (χ1v) is 2.42. The number of amides is 1. The summed E-state index contributed by atoms with van der Waals surface area (Å²) >= 11 is 0. The van der Waals surface area contributed by atoms with E-state index in [0.717, 1.165) is 0 Å². The molecule has 2 N–H and O–H groups in total. The lowest BCUT2D eigenvalue weighted by Crippen LogP contribution is -2.10. The van der Waals surface area contributed by atoms with Gasteiger partial charge in [-0.3, -0.25) is 4.79 Å². The van der Waals surface area contributed by atoms with Crippen molar-refractivity contribution >= 4 is 5.91 Å². The van der Waals surface area contributed by atoms with Crippen LogP contribution in [0.3, 0.4) is 0 Å². The first-order chi connectivity index (χ1) is 4.22. The molecule has 4 heteroatoms. The fraction of sp³-hybridized carbons (Fsp3) is 0.200. The van der Waals surface area contributed by atoms with Gasteiger partial charge in [-0.15, -0.1) is 0 Å². The molecule has 0 saturated carbocycles. The number of carbonyl (C=O) groups is 1. The first-order valence-electron chi connectivity index (χ1n) is 2.42. The van der Waals surface area contributed by atoms with Crippen LogP contribution in [-0.4, -0.2) is 11.1 Å². The molecule has 0 spiro atoms. The molecule has 1 rings (SSSR count). The summed E-state index contributed by atoms with van der Waals surface area (Å²) in [6, 6.07) is 0. The predicted molar refractivity (Wildman–Crippen MR) is 29.8 cm³/mol. The highest BCUT2D eigenvalue weighted by molar-refractivity contribution is 5.93. The number of hydrogen-bond donors (Lipinski definition) is 1. The summed E-state index contributed by atoms with van der Waals surface area (Å²) in [6.07, 6.45) is 1.23. The van der Waals surface area contributed by atoms with Gasteiger partial charge >= 0.3 is 0 Å². The molecule has 0 saturated heterocycles. The van der Waals surface area contributed by atoms with E-state index in [1.54, 1.807) is 6.92 Å². The van der Waals surface area contributed by atoms with Gasteiger partial charge in [-0.2, -0.15) is 0 Å². The molecule has 0 bridgehead atoms. The van der Waals surface area contributed by atoms with E-state index in [1.807, 2.05) is 0 Å². The molecule has 0 atom stereocenters. The topological polar surface area (TPSA) is 69.1 Å². The summed E-state index contributed by atoms with van der Waals surface area (Å²) in [7, 11) is 0. The molecule has 0 aliphatic carbocycles. The molecular weight excluding hydrogens is 120 g/mol. The molecule has 0 radical (unpaired) electrons. The number of nitrogens with zero attached hydrogens (tertiary/aromatic N) is 1. The maximum Gasteiger partial charge on any atom is 0.253 e. The van der Waals surface area contributed by atoms with Crippen LogP contribution in [0.4, 0.5) is 0 Å². The Morgan fingerprint density at radius 1 is 1.89 bits per heavy atom. The van der Waals surface area contributed by atoms with Crippen LogP contribution in [0.2, 0.25) is 0 Å². The second-order valence-corrected chi connectivity index (χ2v) is 1.68. The van der Waals surface area contributed by atoms with Crippen molar-refractivity contribution in [3.8, 4) is 0 Å². The Morgan fingerprint density at radius 2 is 2.56 bits per heavy atom. The molecule has 0 aliphatic rings. The van der Waals surface area contributed by atoms with Gasteiger partial charge in [0.05, 0.1) is 5.69 Å². The lowest BCUT2D eigenvalue weighted by Gasteiger charge is -1.83. The van der Waals surface area contributed by atoms with E-state index in [2.05, 4.69) is 9.68 Å². The third-order valence-electron chi connectivity index (χ3n) is 1.02. The van der Waals surface area contributed by atoms with Gasteiger partial charge in [-0.05, 0) is 6.92 Å². The number of rotatable bonds is 1. The van der Waals surface area contributed by atoms with Gasteiger partial charge in [-0.25, -0.2) is 0 Å². The predicted octanol–water partition coefficient (Wildman–Crippen LogP) is 0.0819. The van der Waals surface area contributed by atoms with Gasteiger partial charge in [0.15, 0.2) is 0 Å². The average molecular weight is 126 g/mol. The molecule has 1 aromatic heterocycles. The summed E-state index contributed by atoms with van der Waals surface area (Å²) < 4.78 is 4.46. The van der Waals surface area contributed by atoms with Crippen molar-refractivity contribution < 1.29 is 9.32 Å². The van der Waals surface area contributed by atoms with E-state index < -0.39 is 5.91 Å². The van der Waals surface area contributed by atoms with Crippen LogP contribution in [0.15, 0.2) is 10.8 Å². The van der Waals surface area contributed by atoms with Crippen molar-refractivity contribution in [2.24, 2.45) is 5.73 Å². The van der Waals surface area contributed by atoms with E-state index in [0.29, 0.717) is 11.3 Å². The Hall–Kier alpha value is -1.32. The van der Waals surface area contributed by atoms with Crippen molar-refractivity contribution in [2.45, 2.75) is 6.92 Å². The highest BCUT2D eigenvalue weighted by atomic mass is 16.5. The van der Waals surface area contributed by atoms with Gasteiger partial charge in [0.2, 0.25) is 0 Å². The van der Waals surface area contributed by atoms with Gasteiger partial charge < -0.3 is 10.3 Å². The number of carbonyl (C=O) groups excluding carboxylic acids is 1. The molecule has 0 unspecified atom stereocenters. The van der Waals surface area contributed by atoms with E-state index in [1.165, 1.54) is 6.26 Å². The quantitative estimate of drug-likeness (QED) is 0.579. The number of aryl methyl sites for hydroxylation is 1. The Morgan fingerprint density at radius 3 is 2.78 bits per heavy atom. The minimum Gasteiger partial charge on any atom is -0.365 e. The summed E-state index contributed by atoms with van der Waals surface area (Å²) in [5, 5.41) is 3.46. The Balaban J connectivity index is 3.08. The van der Waals surface area contributed by atoms with Crippen LogP contribution >= 0.6 is 0 Å². The first kappa shape index (κ1) is 5.81. The highest BCUT2D eigenvalue weighted by Gasteiger charge is 2.06. The van der Waals surface area contributed by atoms with Gasteiger partial charge in [0.1, 0.15) is 11.8 Å². The summed E-state index contributed by atoms with van der Waals surface area (Å²) in [6.45, 7) is 1.66. The SMILES string of the molecule is Cc1nocc1C(N)=O. The maximum atomic E-state index is 10.4. The lowest BCUT2D eigenvalue weighted by atomic mass is 10.3. The fourth-order valence-electron chi connectivity index (χ4n) is 0.529. The van der Waals surface area contributed by atoms with Crippen molar-refractivity contribution in [2.75, 3.05) is 0 Å². The number of aromatic nitrogens is 1. The Labute approximate surface area is 51.6 Å². The normalized spacial score (nSPS) is 9.44. The largest absolute Gasteiger partial charge is 0.365 e. The molecule has 1 heterocycles. The van der Waals surface area contributed by atoms with Crippen molar-refractivity contribution in [3.63, 3.8) is 0 Å². The monoisotopic (exact) mass is 126 g/mol. The molecule has 9 heavy (non-hydrogen) atoms. The molecular formula is C5H6N2O2. The van der Waals surface area contributed by atoms with Gasteiger partial charge in [0, 0.05) is 0 Å². The third-order valence-corrected chi connectivity index (χ3v) is 1.02. The fourth-order valence-corrected chi connectivity index (χ4v) is 0.529. The van der Waals surface area contributed by atoms with E-state index >= 15 is 0 Å². The van der Waals surface area contributed by atoms with Crippen molar-refractivity contribution in [3.05, 3.63) is 17.5 Å². The zero-order valence-corrected chi connectivity index (χ0v) is 4.92. The maximum absolute atomic E-state index is 10.4. The second kappa shape index (κ2) is 1.89. The summed E-state index contributed by atoms with van der Waals surface area (Å²) in [5.74, 6) is -0.506. The Kier molecular flexibility index (Phi) is 1.22. The van der Waals surface area contributed by atoms with E-state index in [9.17, 15) is 4.79 Å². The zero-order valence-electron chi connectivity index (χ0n) is 4.92. The number of primary amides is 1. The third kappa shape index (κ3) is 0.910. The second-order valence-electron chi connectivity index (χ2n) is 1.68. The van der Waals surface area contributed by atoms with Crippen LogP contribution in [0.25, 0.3) is 0 Å². The van der Waals surface area contributed by atoms with Crippen LogP contribution in [-0.2, 0) is 0 Å². The summed E-state index contributed by atoms with van der Waals surface area (Å²) in [4.78, 5) is 10.4. The highest BCUT2D eigenvalue weighted by Crippen LogP contribution is 2.01. The minimum atomic E-state index is -0.506. The average Bonchev–Trinajstić information content (AvgIpc) is 2.13. The standard InChI is InChI=1S/C5H6N2O2/c1-3-4(5(6)8)2-9-7-3/h2H,1H3,(H2,6,8). The summed E-state index contributed by atoms with van der Waals surface area (Å²) in [5.41, 5.74) is 5.79. The van der Waals surface area contributed by atoms with Crippen LogP contribution in [0.5, 0.6) is 0 Å². The molecule has 0 fully saturated rings. The molecule has 4 nitrogen and oxygen atoms in total. The number of nitrogens with two attached hydrogens (primary N) is 1. The van der Waals surface area contributed by atoms with E-state index in [4.69, 9.17) is 5.73 Å². The lowest BCUT2D eigenvalue weighted by molar-refractivity contribution is 0.0999. The van der Waals surface area contributed by atoms with Gasteiger partial charge in [-0.1, -0.05) is 5.16 Å². The van der Waals surface area contributed by atoms with Crippen molar-refractivity contribution in [1.29, 1.82) is 0 Å². The van der Waals surface area contributed by atoms with Crippen molar-refractivity contribution in [1.82, 2.24) is 5.16 Å². The smallest absolute Gasteiger partial charge is 0.253 e. The molecule has 1 aromatic rings. The van der Waals surface area contributed by atoms with E-state index in [-0.39, 0.29) is 0 Å². The van der Waals surface area contributed by atoms with Crippen LogP contribution < -0.4 is 5.73 Å². The molecule has 48 valence electrons. The number of hydrogen-bond acceptors (Lipinski definition) is 3. The molecule has 1 amide bonds. The molecule has 0 aromatic carbocycles. The van der Waals surface area contributed by atoms with Crippen LogP contribution in [0.1, 0.15) is 16.1 Å². The Bertz CT molecular complexity index is 229. The zero-order chi connectivity index (χ0) is 6.85. The van der Waals surface area contributed by atoms with Gasteiger partial charge in [0.25, 0.3) is 5.91 Å². The molecule has 0 aliphatic heterocycles.